The molecule has 0 saturated carbocycles. The minimum atomic E-state index is -3.97. The Morgan fingerprint density at radius 1 is 1.13 bits per heavy atom. The molecule has 0 bridgehead atoms. The molecule has 2 aromatic carbocycles. The lowest BCUT2D eigenvalue weighted by Crippen LogP contribution is -2.29. The van der Waals surface area contributed by atoms with Crippen molar-refractivity contribution >= 4 is 33.0 Å². The van der Waals surface area contributed by atoms with Crippen LogP contribution in [0, 0.1) is 5.82 Å². The number of rotatable bonds is 8. The molecule has 0 radical (unpaired) electrons. The Balaban J connectivity index is 1.79. The van der Waals surface area contributed by atoms with Crippen LogP contribution >= 0.6 is 11.3 Å². The van der Waals surface area contributed by atoms with E-state index in [1.54, 1.807) is 42.5 Å². The summed E-state index contributed by atoms with van der Waals surface area (Å²) in [6.45, 7) is 2.32. The number of nitrogens with one attached hydrogen (secondary N) is 1. The van der Waals surface area contributed by atoms with Crippen LogP contribution in [-0.2, 0) is 16.6 Å². The van der Waals surface area contributed by atoms with Crippen LogP contribution in [0.5, 0.6) is 5.75 Å². The minimum absolute atomic E-state index is 0.0440. The van der Waals surface area contributed by atoms with E-state index in [0.717, 1.165) is 15.6 Å². The maximum Gasteiger partial charge on any atom is 0.265 e. The van der Waals surface area contributed by atoms with Gasteiger partial charge in [-0.05, 0) is 48.7 Å². The van der Waals surface area contributed by atoms with Crippen LogP contribution < -0.4 is 14.4 Å². The zero-order valence-electron chi connectivity index (χ0n) is 16.5. The number of halogens is 1. The number of ether oxygens (including phenoxy) is 1. The van der Waals surface area contributed by atoms with Crippen LogP contribution in [0.15, 0.2) is 64.9 Å². The van der Waals surface area contributed by atoms with Gasteiger partial charge in [0.25, 0.3) is 15.9 Å². The second-order valence-corrected chi connectivity index (χ2v) is 9.14. The standard InChI is InChI=1S/C21H21FN2O4S2/c1-3-28-17-10-8-16(9-11-17)24(2)30(26,27)19-12-13-29-20(19)21(25)23-14-15-6-4-5-7-18(15)22/h4-13H,3,14H2,1-2H3,(H,23,25). The fraction of sp³-hybridized carbons (Fsp3) is 0.190. The Morgan fingerprint density at radius 3 is 2.50 bits per heavy atom. The summed E-state index contributed by atoms with van der Waals surface area (Å²) in [7, 11) is -2.55. The van der Waals surface area contributed by atoms with E-state index in [9.17, 15) is 17.6 Å². The summed E-state index contributed by atoms with van der Waals surface area (Å²) in [5.74, 6) is -0.380. The number of sulfonamides is 1. The first-order chi connectivity index (χ1) is 14.3. The third-order valence-electron chi connectivity index (χ3n) is 4.38. The molecule has 0 atom stereocenters. The number of amides is 1. The highest BCUT2D eigenvalue weighted by atomic mass is 32.2. The Kier molecular flexibility index (Phi) is 6.73. The number of carbonyl (C=O) groups excluding carboxylic acids is 1. The Morgan fingerprint density at radius 2 is 1.83 bits per heavy atom. The van der Waals surface area contributed by atoms with Crippen LogP contribution in [0.1, 0.15) is 22.2 Å². The summed E-state index contributed by atoms with van der Waals surface area (Å²) in [5.41, 5.74) is 0.751. The van der Waals surface area contributed by atoms with Gasteiger partial charge in [0.15, 0.2) is 0 Å². The van der Waals surface area contributed by atoms with Crippen LogP contribution in [0.4, 0.5) is 10.1 Å². The molecule has 0 aliphatic rings. The van der Waals surface area contributed by atoms with E-state index in [-0.39, 0.29) is 16.3 Å². The lowest BCUT2D eigenvalue weighted by Gasteiger charge is -2.20. The van der Waals surface area contributed by atoms with E-state index >= 15 is 0 Å². The zero-order chi connectivity index (χ0) is 21.7. The van der Waals surface area contributed by atoms with Gasteiger partial charge in [0, 0.05) is 19.2 Å². The van der Waals surface area contributed by atoms with Gasteiger partial charge >= 0.3 is 0 Å². The third kappa shape index (κ3) is 4.63. The predicted molar refractivity (Wildman–Crippen MR) is 115 cm³/mol. The fourth-order valence-electron chi connectivity index (χ4n) is 2.77. The smallest absolute Gasteiger partial charge is 0.265 e. The Bertz CT molecular complexity index is 1130. The van der Waals surface area contributed by atoms with Crippen molar-refractivity contribution in [3.05, 3.63) is 76.2 Å². The number of thiophene rings is 1. The van der Waals surface area contributed by atoms with Crippen molar-refractivity contribution in [1.29, 1.82) is 0 Å². The molecule has 1 heterocycles. The molecular formula is C21H21FN2O4S2. The number of carbonyl (C=O) groups is 1. The largest absolute Gasteiger partial charge is 0.494 e. The maximum absolute atomic E-state index is 13.8. The van der Waals surface area contributed by atoms with Gasteiger partial charge in [-0.15, -0.1) is 11.3 Å². The maximum atomic E-state index is 13.8. The number of nitrogens with zero attached hydrogens (tertiary/aromatic N) is 1. The molecule has 30 heavy (non-hydrogen) atoms. The second-order valence-electron chi connectivity index (χ2n) is 6.29. The zero-order valence-corrected chi connectivity index (χ0v) is 18.1. The summed E-state index contributed by atoms with van der Waals surface area (Å²) >= 11 is 1.01. The van der Waals surface area contributed by atoms with Crippen molar-refractivity contribution < 1.29 is 22.3 Å². The summed E-state index contributed by atoms with van der Waals surface area (Å²) in [6.07, 6.45) is 0. The monoisotopic (exact) mass is 448 g/mol. The summed E-state index contributed by atoms with van der Waals surface area (Å²) in [6, 6.07) is 14.1. The van der Waals surface area contributed by atoms with E-state index in [1.807, 2.05) is 6.92 Å². The van der Waals surface area contributed by atoms with Gasteiger partial charge in [-0.25, -0.2) is 12.8 Å². The van der Waals surface area contributed by atoms with Gasteiger partial charge in [-0.2, -0.15) is 0 Å². The van der Waals surface area contributed by atoms with E-state index in [4.69, 9.17) is 4.74 Å². The molecule has 1 N–H and O–H groups in total. The van der Waals surface area contributed by atoms with Gasteiger partial charge in [0.2, 0.25) is 0 Å². The summed E-state index contributed by atoms with van der Waals surface area (Å²) < 4.78 is 46.5. The van der Waals surface area contributed by atoms with Gasteiger partial charge in [0.1, 0.15) is 21.3 Å². The average Bonchev–Trinajstić information content (AvgIpc) is 3.24. The van der Waals surface area contributed by atoms with Crippen molar-refractivity contribution in [1.82, 2.24) is 5.32 Å². The lowest BCUT2D eigenvalue weighted by molar-refractivity contribution is 0.0951. The Labute approximate surface area is 179 Å². The molecule has 3 aromatic rings. The topological polar surface area (TPSA) is 75.7 Å². The highest BCUT2D eigenvalue weighted by Gasteiger charge is 2.28. The van der Waals surface area contributed by atoms with Crippen molar-refractivity contribution in [2.24, 2.45) is 0 Å². The Hall–Kier alpha value is -2.91. The van der Waals surface area contributed by atoms with Crippen LogP contribution in [0.25, 0.3) is 0 Å². The predicted octanol–water partition coefficient (Wildman–Crippen LogP) is 4.04. The lowest BCUT2D eigenvalue weighted by atomic mass is 10.2. The number of hydrogen-bond acceptors (Lipinski definition) is 5. The molecule has 0 unspecified atom stereocenters. The summed E-state index contributed by atoms with van der Waals surface area (Å²) in [4.78, 5) is 12.6. The molecule has 9 heteroatoms. The molecule has 0 spiro atoms. The summed E-state index contributed by atoms with van der Waals surface area (Å²) in [5, 5.41) is 4.13. The van der Waals surface area contributed by atoms with Gasteiger partial charge < -0.3 is 10.1 Å². The first-order valence-corrected chi connectivity index (χ1v) is 11.5. The molecule has 0 aliphatic heterocycles. The highest BCUT2D eigenvalue weighted by Crippen LogP contribution is 2.29. The molecule has 158 valence electrons. The fourth-order valence-corrected chi connectivity index (χ4v) is 5.28. The van der Waals surface area contributed by atoms with Crippen molar-refractivity contribution in [2.45, 2.75) is 18.4 Å². The van der Waals surface area contributed by atoms with Crippen molar-refractivity contribution in [2.75, 3.05) is 18.0 Å². The second kappa shape index (κ2) is 9.27. The minimum Gasteiger partial charge on any atom is -0.494 e. The third-order valence-corrected chi connectivity index (χ3v) is 7.25. The first-order valence-electron chi connectivity index (χ1n) is 9.15. The van der Waals surface area contributed by atoms with Gasteiger partial charge in [-0.3, -0.25) is 9.10 Å². The van der Waals surface area contributed by atoms with E-state index in [1.165, 1.54) is 24.6 Å². The van der Waals surface area contributed by atoms with E-state index < -0.39 is 21.7 Å². The van der Waals surface area contributed by atoms with Crippen LogP contribution in [0.3, 0.4) is 0 Å². The quantitative estimate of drug-likeness (QED) is 0.564. The molecule has 1 aromatic heterocycles. The van der Waals surface area contributed by atoms with Crippen molar-refractivity contribution in [3.63, 3.8) is 0 Å². The van der Waals surface area contributed by atoms with Gasteiger partial charge in [0.05, 0.1) is 12.3 Å². The number of anilines is 1. The normalized spacial score (nSPS) is 11.2. The molecular weight excluding hydrogens is 427 g/mol. The SMILES string of the molecule is CCOc1ccc(N(C)S(=O)(=O)c2ccsc2C(=O)NCc2ccccc2F)cc1. The number of hydrogen-bond donors (Lipinski definition) is 1. The molecule has 0 fully saturated rings. The molecule has 1 amide bonds. The molecule has 0 saturated heterocycles. The van der Waals surface area contributed by atoms with E-state index in [0.29, 0.717) is 23.6 Å². The first kappa shape index (κ1) is 21.8. The molecule has 3 rings (SSSR count). The van der Waals surface area contributed by atoms with Crippen molar-refractivity contribution in [3.8, 4) is 5.75 Å². The highest BCUT2D eigenvalue weighted by molar-refractivity contribution is 7.93. The average molecular weight is 449 g/mol. The van der Waals surface area contributed by atoms with Gasteiger partial charge in [-0.1, -0.05) is 18.2 Å². The van der Waals surface area contributed by atoms with Crippen LogP contribution in [0.2, 0.25) is 0 Å². The number of benzene rings is 2. The molecule has 6 nitrogen and oxygen atoms in total. The molecule has 0 aliphatic carbocycles. The van der Waals surface area contributed by atoms with Crippen LogP contribution in [-0.4, -0.2) is 28.0 Å². The van der Waals surface area contributed by atoms with E-state index in [2.05, 4.69) is 5.32 Å².